The molecule has 0 fully saturated rings. The molecule has 0 atom stereocenters. The predicted octanol–water partition coefficient (Wildman–Crippen LogP) is 6.77. The third kappa shape index (κ3) is 3.07. The molecule has 30 heavy (non-hydrogen) atoms. The summed E-state index contributed by atoms with van der Waals surface area (Å²) in [5.74, 6) is 0.939. The van der Waals surface area contributed by atoms with E-state index in [0.717, 1.165) is 17.1 Å². The SMILES string of the molecule is CC(C)(C)N1COc2cccc(-n3c(-c4ccccc4)ccc3-c3ccccc3)c21. The second-order valence-electron chi connectivity index (χ2n) is 8.67. The molecule has 0 saturated carbocycles. The molecule has 0 saturated heterocycles. The number of para-hydroxylation sites is 1. The minimum atomic E-state index is -0.0473. The molecular formula is C27H26N2O. The molecule has 0 amide bonds. The van der Waals surface area contributed by atoms with Gasteiger partial charge in [0.25, 0.3) is 0 Å². The Kier molecular flexibility index (Phi) is 4.39. The van der Waals surface area contributed by atoms with Crippen molar-refractivity contribution in [2.45, 2.75) is 26.3 Å². The van der Waals surface area contributed by atoms with E-state index in [0.29, 0.717) is 6.73 Å². The minimum Gasteiger partial charge on any atom is -0.471 e. The molecule has 150 valence electrons. The van der Waals surface area contributed by atoms with Crippen LogP contribution < -0.4 is 9.64 Å². The number of ether oxygens (including phenoxy) is 1. The van der Waals surface area contributed by atoms with Gasteiger partial charge in [-0.2, -0.15) is 0 Å². The van der Waals surface area contributed by atoms with Crippen LogP contribution in [0.25, 0.3) is 28.2 Å². The van der Waals surface area contributed by atoms with Crippen molar-refractivity contribution in [2.75, 3.05) is 11.6 Å². The molecule has 1 aromatic heterocycles. The number of hydrogen-bond acceptors (Lipinski definition) is 2. The Bertz CT molecular complexity index is 1110. The smallest absolute Gasteiger partial charge is 0.162 e. The van der Waals surface area contributed by atoms with Crippen LogP contribution in [0.2, 0.25) is 0 Å². The lowest BCUT2D eigenvalue weighted by Crippen LogP contribution is -2.41. The molecule has 0 radical (unpaired) electrons. The third-order valence-electron chi connectivity index (χ3n) is 5.67. The van der Waals surface area contributed by atoms with Crippen LogP contribution in [0.4, 0.5) is 5.69 Å². The molecule has 3 nitrogen and oxygen atoms in total. The highest BCUT2D eigenvalue weighted by Gasteiger charge is 2.33. The van der Waals surface area contributed by atoms with Gasteiger partial charge in [-0.05, 0) is 56.2 Å². The Morgan fingerprint density at radius 2 is 1.23 bits per heavy atom. The zero-order chi connectivity index (χ0) is 20.7. The number of fused-ring (bicyclic) bond motifs is 1. The van der Waals surface area contributed by atoms with Gasteiger partial charge in [0.15, 0.2) is 6.73 Å². The highest BCUT2D eigenvalue weighted by atomic mass is 16.5. The highest BCUT2D eigenvalue weighted by Crippen LogP contribution is 2.45. The summed E-state index contributed by atoms with van der Waals surface area (Å²) in [6.07, 6.45) is 0. The largest absolute Gasteiger partial charge is 0.471 e. The van der Waals surface area contributed by atoms with Gasteiger partial charge in [0.2, 0.25) is 0 Å². The van der Waals surface area contributed by atoms with Crippen molar-refractivity contribution in [3.63, 3.8) is 0 Å². The highest BCUT2D eigenvalue weighted by molar-refractivity contribution is 5.81. The summed E-state index contributed by atoms with van der Waals surface area (Å²) < 4.78 is 8.45. The Balaban J connectivity index is 1.80. The van der Waals surface area contributed by atoms with E-state index in [9.17, 15) is 0 Å². The average Bonchev–Trinajstić information content (AvgIpc) is 3.39. The second-order valence-corrected chi connectivity index (χ2v) is 8.67. The molecule has 1 aliphatic heterocycles. The first-order valence-electron chi connectivity index (χ1n) is 10.4. The van der Waals surface area contributed by atoms with E-state index < -0.39 is 0 Å². The molecule has 0 unspecified atom stereocenters. The zero-order valence-corrected chi connectivity index (χ0v) is 17.7. The average molecular weight is 395 g/mol. The van der Waals surface area contributed by atoms with Crippen LogP contribution in [0, 0.1) is 0 Å². The Labute approximate surface area is 178 Å². The lowest BCUT2D eigenvalue weighted by Gasteiger charge is -2.33. The molecule has 0 N–H and O–H groups in total. The number of hydrogen-bond donors (Lipinski definition) is 0. The van der Waals surface area contributed by atoms with Gasteiger partial charge in [0.1, 0.15) is 11.4 Å². The Morgan fingerprint density at radius 1 is 0.667 bits per heavy atom. The number of rotatable bonds is 3. The van der Waals surface area contributed by atoms with Gasteiger partial charge in [-0.15, -0.1) is 0 Å². The van der Waals surface area contributed by atoms with Crippen LogP contribution in [-0.4, -0.2) is 16.8 Å². The second kappa shape index (κ2) is 7.10. The van der Waals surface area contributed by atoms with Crippen LogP contribution in [0.15, 0.2) is 91.0 Å². The molecule has 3 heteroatoms. The van der Waals surface area contributed by atoms with Crippen LogP contribution in [0.3, 0.4) is 0 Å². The van der Waals surface area contributed by atoms with Gasteiger partial charge in [0.05, 0.1) is 17.1 Å². The van der Waals surface area contributed by atoms with Crippen LogP contribution in [0.5, 0.6) is 5.75 Å². The topological polar surface area (TPSA) is 17.4 Å². The van der Waals surface area contributed by atoms with Gasteiger partial charge in [0, 0.05) is 5.54 Å². The fourth-order valence-corrected chi connectivity index (χ4v) is 4.17. The van der Waals surface area contributed by atoms with E-state index in [1.807, 2.05) is 0 Å². The Morgan fingerprint density at radius 3 is 1.77 bits per heavy atom. The minimum absolute atomic E-state index is 0.0473. The molecule has 0 bridgehead atoms. The first-order valence-corrected chi connectivity index (χ1v) is 10.4. The summed E-state index contributed by atoms with van der Waals surface area (Å²) in [5.41, 5.74) is 6.97. The summed E-state index contributed by atoms with van der Waals surface area (Å²) >= 11 is 0. The third-order valence-corrected chi connectivity index (χ3v) is 5.67. The van der Waals surface area contributed by atoms with E-state index >= 15 is 0 Å². The van der Waals surface area contributed by atoms with Crippen molar-refractivity contribution < 1.29 is 4.74 Å². The van der Waals surface area contributed by atoms with Crippen molar-refractivity contribution in [3.05, 3.63) is 91.0 Å². The molecule has 3 aromatic carbocycles. The zero-order valence-electron chi connectivity index (χ0n) is 17.7. The fourth-order valence-electron chi connectivity index (χ4n) is 4.17. The van der Waals surface area contributed by atoms with Crippen LogP contribution in [-0.2, 0) is 0 Å². The number of nitrogens with zero attached hydrogens (tertiary/aromatic N) is 2. The van der Waals surface area contributed by atoms with E-state index in [1.165, 1.54) is 22.5 Å². The first-order chi connectivity index (χ1) is 14.5. The summed E-state index contributed by atoms with van der Waals surface area (Å²) in [7, 11) is 0. The van der Waals surface area contributed by atoms with Gasteiger partial charge in [-0.1, -0.05) is 66.7 Å². The fraction of sp³-hybridized carbons (Fsp3) is 0.185. The van der Waals surface area contributed by atoms with Gasteiger partial charge in [-0.3, -0.25) is 0 Å². The lowest BCUT2D eigenvalue weighted by molar-refractivity contribution is 0.316. The van der Waals surface area contributed by atoms with Crippen molar-refractivity contribution in [2.24, 2.45) is 0 Å². The normalized spacial score (nSPS) is 13.2. The van der Waals surface area contributed by atoms with Gasteiger partial charge >= 0.3 is 0 Å². The number of benzene rings is 3. The maximum atomic E-state index is 6.08. The molecule has 0 spiro atoms. The van der Waals surface area contributed by atoms with Crippen molar-refractivity contribution >= 4 is 5.69 Å². The van der Waals surface area contributed by atoms with E-state index in [-0.39, 0.29) is 5.54 Å². The van der Waals surface area contributed by atoms with Crippen molar-refractivity contribution in [1.29, 1.82) is 0 Å². The van der Waals surface area contributed by atoms with E-state index in [4.69, 9.17) is 4.74 Å². The quantitative estimate of drug-likeness (QED) is 0.382. The molecule has 0 aliphatic carbocycles. The van der Waals surface area contributed by atoms with Crippen LogP contribution >= 0.6 is 0 Å². The Hall–Kier alpha value is -3.46. The van der Waals surface area contributed by atoms with E-state index in [2.05, 4.69) is 121 Å². The molecule has 1 aliphatic rings. The maximum absolute atomic E-state index is 6.08. The molecule has 5 rings (SSSR count). The van der Waals surface area contributed by atoms with Crippen LogP contribution in [0.1, 0.15) is 20.8 Å². The summed E-state index contributed by atoms with van der Waals surface area (Å²) in [6.45, 7) is 7.26. The maximum Gasteiger partial charge on any atom is 0.162 e. The monoisotopic (exact) mass is 394 g/mol. The molecule has 4 aromatic rings. The van der Waals surface area contributed by atoms with E-state index in [1.54, 1.807) is 0 Å². The van der Waals surface area contributed by atoms with Gasteiger partial charge in [-0.25, -0.2) is 0 Å². The predicted molar refractivity (Wildman–Crippen MR) is 124 cm³/mol. The van der Waals surface area contributed by atoms with Gasteiger partial charge < -0.3 is 14.2 Å². The summed E-state index contributed by atoms with van der Waals surface area (Å²) in [6, 6.07) is 31.9. The lowest BCUT2D eigenvalue weighted by atomic mass is 10.0. The first kappa shape index (κ1) is 18.6. The summed E-state index contributed by atoms with van der Waals surface area (Å²) in [4.78, 5) is 2.35. The molecule has 2 heterocycles. The van der Waals surface area contributed by atoms with Crippen molar-refractivity contribution in [3.8, 4) is 34.0 Å². The summed E-state index contributed by atoms with van der Waals surface area (Å²) in [5, 5.41) is 0. The van der Waals surface area contributed by atoms with Crippen molar-refractivity contribution in [1.82, 2.24) is 4.57 Å². The standard InChI is InChI=1S/C27H26N2O/c1-27(2,3)28-19-30-25-16-10-15-24(26(25)28)29-22(20-11-6-4-7-12-20)17-18-23(29)21-13-8-5-9-14-21/h4-18H,19H2,1-3H3. The number of aromatic nitrogens is 1. The molecular weight excluding hydrogens is 368 g/mol. The number of anilines is 1.